The van der Waals surface area contributed by atoms with E-state index in [1.54, 1.807) is 11.8 Å². The quantitative estimate of drug-likeness (QED) is 0.828. The first-order chi connectivity index (χ1) is 8.18. The number of thioether (sulfide) groups is 1. The Kier molecular flexibility index (Phi) is 3.89. The standard InChI is InChI=1S/C14H16O2S/c1-10(17-11-6-3-2-4-7-11)14-12(15)8-5-9-13(14)16/h2-4,6-7,10,15H,5,8-9H2,1H3/t10-/m1/s1. The van der Waals surface area contributed by atoms with Gasteiger partial charge in [0.25, 0.3) is 0 Å². The highest BCUT2D eigenvalue weighted by Gasteiger charge is 2.25. The molecule has 3 heteroatoms. The van der Waals surface area contributed by atoms with Gasteiger partial charge in [0, 0.05) is 28.6 Å². The zero-order chi connectivity index (χ0) is 12.3. The van der Waals surface area contributed by atoms with E-state index in [9.17, 15) is 9.90 Å². The highest BCUT2D eigenvalue weighted by molar-refractivity contribution is 8.00. The van der Waals surface area contributed by atoms with E-state index in [1.807, 2.05) is 37.3 Å². The Balaban J connectivity index is 2.15. The lowest BCUT2D eigenvalue weighted by molar-refractivity contribution is -0.116. The summed E-state index contributed by atoms with van der Waals surface area (Å²) in [5.74, 6) is 0.391. The Morgan fingerprint density at radius 1 is 1.24 bits per heavy atom. The Hall–Kier alpha value is -1.22. The molecule has 0 saturated carbocycles. The average Bonchev–Trinajstić information content (AvgIpc) is 2.30. The van der Waals surface area contributed by atoms with E-state index in [4.69, 9.17) is 0 Å². The molecular weight excluding hydrogens is 232 g/mol. The predicted octanol–water partition coefficient (Wildman–Crippen LogP) is 3.73. The van der Waals surface area contributed by atoms with E-state index in [0.29, 0.717) is 18.4 Å². The van der Waals surface area contributed by atoms with Gasteiger partial charge in [-0.2, -0.15) is 0 Å². The molecule has 1 aromatic rings. The van der Waals surface area contributed by atoms with Crippen molar-refractivity contribution < 1.29 is 9.90 Å². The van der Waals surface area contributed by atoms with Gasteiger partial charge in [-0.25, -0.2) is 0 Å². The van der Waals surface area contributed by atoms with Gasteiger partial charge in [-0.05, 0) is 25.5 Å². The first-order valence-corrected chi connectivity index (χ1v) is 6.73. The molecule has 0 heterocycles. The molecule has 0 amide bonds. The molecule has 1 aliphatic carbocycles. The molecule has 2 rings (SSSR count). The first-order valence-electron chi connectivity index (χ1n) is 5.85. The van der Waals surface area contributed by atoms with Gasteiger partial charge in [0.1, 0.15) is 5.76 Å². The number of ketones is 1. The summed E-state index contributed by atoms with van der Waals surface area (Å²) in [5.41, 5.74) is 0.616. The van der Waals surface area contributed by atoms with Crippen molar-refractivity contribution in [3.8, 4) is 0 Å². The number of aliphatic hydroxyl groups excluding tert-OH is 1. The van der Waals surface area contributed by atoms with Gasteiger partial charge in [0.2, 0.25) is 0 Å². The van der Waals surface area contributed by atoms with Crippen LogP contribution in [0.25, 0.3) is 0 Å². The van der Waals surface area contributed by atoms with Crippen LogP contribution in [0, 0.1) is 0 Å². The number of carbonyl (C=O) groups is 1. The fourth-order valence-electron chi connectivity index (χ4n) is 2.07. The van der Waals surface area contributed by atoms with Crippen LogP contribution in [0.4, 0.5) is 0 Å². The van der Waals surface area contributed by atoms with E-state index >= 15 is 0 Å². The summed E-state index contributed by atoms with van der Waals surface area (Å²) >= 11 is 1.62. The van der Waals surface area contributed by atoms with Gasteiger partial charge in [0.05, 0.1) is 0 Å². The van der Waals surface area contributed by atoms with Gasteiger partial charge in [-0.15, -0.1) is 11.8 Å². The largest absolute Gasteiger partial charge is 0.512 e. The van der Waals surface area contributed by atoms with Crippen LogP contribution in [0.2, 0.25) is 0 Å². The maximum atomic E-state index is 11.8. The van der Waals surface area contributed by atoms with Crippen molar-refractivity contribution >= 4 is 17.5 Å². The number of aliphatic hydroxyl groups is 1. The summed E-state index contributed by atoms with van der Waals surface area (Å²) in [5, 5.41) is 9.85. The van der Waals surface area contributed by atoms with E-state index in [-0.39, 0.29) is 16.8 Å². The highest BCUT2D eigenvalue weighted by atomic mass is 32.2. The van der Waals surface area contributed by atoms with Crippen LogP contribution < -0.4 is 0 Å². The number of benzene rings is 1. The molecule has 0 aliphatic heterocycles. The SMILES string of the molecule is C[C@@H](Sc1ccccc1)C1=C(O)CCCC1=O. The molecule has 2 nitrogen and oxygen atoms in total. The molecule has 1 aromatic carbocycles. The lowest BCUT2D eigenvalue weighted by Gasteiger charge is -2.20. The molecule has 0 spiro atoms. The lowest BCUT2D eigenvalue weighted by atomic mass is 9.94. The molecule has 0 bridgehead atoms. The fraction of sp³-hybridized carbons (Fsp3) is 0.357. The maximum Gasteiger partial charge on any atom is 0.163 e. The van der Waals surface area contributed by atoms with Crippen molar-refractivity contribution in [3.05, 3.63) is 41.7 Å². The maximum absolute atomic E-state index is 11.8. The number of hydrogen-bond acceptors (Lipinski definition) is 3. The van der Waals surface area contributed by atoms with Gasteiger partial charge < -0.3 is 5.11 Å². The summed E-state index contributed by atoms with van der Waals surface area (Å²) in [7, 11) is 0. The number of hydrogen-bond donors (Lipinski definition) is 1. The minimum atomic E-state index is 0.0187. The molecular formula is C14H16O2S. The van der Waals surface area contributed by atoms with Crippen molar-refractivity contribution in [2.45, 2.75) is 36.3 Å². The smallest absolute Gasteiger partial charge is 0.163 e. The molecule has 0 unspecified atom stereocenters. The molecule has 1 atom stereocenters. The fourth-order valence-corrected chi connectivity index (χ4v) is 3.18. The number of allylic oxidation sites excluding steroid dienone is 1. The minimum absolute atomic E-state index is 0.0187. The van der Waals surface area contributed by atoms with E-state index < -0.39 is 0 Å². The Bertz CT molecular complexity index is 437. The zero-order valence-electron chi connectivity index (χ0n) is 9.85. The number of rotatable bonds is 3. The van der Waals surface area contributed by atoms with Crippen molar-refractivity contribution in [2.75, 3.05) is 0 Å². The second-order valence-electron chi connectivity index (χ2n) is 4.21. The monoisotopic (exact) mass is 248 g/mol. The van der Waals surface area contributed by atoms with Crippen LogP contribution in [-0.4, -0.2) is 16.1 Å². The molecule has 0 fully saturated rings. The first kappa shape index (κ1) is 12.2. The minimum Gasteiger partial charge on any atom is -0.512 e. The Morgan fingerprint density at radius 3 is 2.59 bits per heavy atom. The summed E-state index contributed by atoms with van der Waals surface area (Å²) in [6.07, 6.45) is 1.98. The van der Waals surface area contributed by atoms with Crippen LogP contribution in [0.15, 0.2) is 46.6 Å². The topological polar surface area (TPSA) is 37.3 Å². The summed E-state index contributed by atoms with van der Waals surface area (Å²) in [6.45, 7) is 1.98. The number of carbonyl (C=O) groups excluding carboxylic acids is 1. The predicted molar refractivity (Wildman–Crippen MR) is 70.3 cm³/mol. The molecule has 1 aliphatic rings. The third-order valence-corrected chi connectivity index (χ3v) is 4.02. The van der Waals surface area contributed by atoms with Crippen molar-refractivity contribution in [1.82, 2.24) is 0 Å². The van der Waals surface area contributed by atoms with E-state index in [2.05, 4.69) is 0 Å². The second kappa shape index (κ2) is 5.41. The third-order valence-electron chi connectivity index (χ3n) is 2.89. The summed E-state index contributed by atoms with van der Waals surface area (Å²) in [4.78, 5) is 12.9. The Labute approximate surface area is 106 Å². The normalized spacial score (nSPS) is 18.3. The van der Waals surface area contributed by atoms with Crippen LogP contribution in [0.3, 0.4) is 0 Å². The van der Waals surface area contributed by atoms with Crippen molar-refractivity contribution in [2.24, 2.45) is 0 Å². The summed E-state index contributed by atoms with van der Waals surface area (Å²) < 4.78 is 0. The van der Waals surface area contributed by atoms with Crippen molar-refractivity contribution in [3.63, 3.8) is 0 Å². The molecule has 0 saturated heterocycles. The Morgan fingerprint density at radius 2 is 1.94 bits per heavy atom. The van der Waals surface area contributed by atoms with Gasteiger partial charge >= 0.3 is 0 Å². The molecule has 1 N–H and O–H groups in total. The lowest BCUT2D eigenvalue weighted by Crippen LogP contribution is -2.19. The second-order valence-corrected chi connectivity index (χ2v) is 5.62. The van der Waals surface area contributed by atoms with Crippen LogP contribution in [0.5, 0.6) is 0 Å². The average molecular weight is 248 g/mol. The van der Waals surface area contributed by atoms with Crippen LogP contribution in [-0.2, 0) is 4.79 Å². The third kappa shape index (κ3) is 2.91. The van der Waals surface area contributed by atoms with Crippen molar-refractivity contribution in [1.29, 1.82) is 0 Å². The van der Waals surface area contributed by atoms with Crippen LogP contribution in [0.1, 0.15) is 26.2 Å². The van der Waals surface area contributed by atoms with Gasteiger partial charge in [-0.1, -0.05) is 18.2 Å². The van der Waals surface area contributed by atoms with Crippen LogP contribution >= 0.6 is 11.8 Å². The van der Waals surface area contributed by atoms with E-state index in [0.717, 1.165) is 11.3 Å². The number of Topliss-reactive ketones (excluding diaryl/α,β-unsaturated/α-hetero) is 1. The molecule has 17 heavy (non-hydrogen) atoms. The highest BCUT2D eigenvalue weighted by Crippen LogP contribution is 2.32. The molecule has 0 aromatic heterocycles. The van der Waals surface area contributed by atoms with E-state index in [1.165, 1.54) is 0 Å². The van der Waals surface area contributed by atoms with Gasteiger partial charge in [-0.3, -0.25) is 4.79 Å². The van der Waals surface area contributed by atoms with Gasteiger partial charge in [0.15, 0.2) is 5.78 Å². The molecule has 90 valence electrons. The zero-order valence-corrected chi connectivity index (χ0v) is 10.7. The summed E-state index contributed by atoms with van der Waals surface area (Å²) in [6, 6.07) is 9.97. The molecule has 0 radical (unpaired) electrons.